The van der Waals surface area contributed by atoms with Gasteiger partial charge in [0.15, 0.2) is 34.9 Å². The smallest absolute Gasteiger partial charge is 0.196 e. The van der Waals surface area contributed by atoms with Crippen molar-refractivity contribution in [2.75, 3.05) is 9.80 Å². The van der Waals surface area contributed by atoms with Crippen molar-refractivity contribution < 1.29 is 44.6 Å². The quantitative estimate of drug-likeness (QED) is 0.0670. The first kappa shape index (κ1) is 63.9. The molecule has 0 saturated carbocycles. The molecular weight excluding hydrogens is 1290 g/mol. The average Bonchev–Trinajstić information content (AvgIpc) is 1.53. The van der Waals surface area contributed by atoms with Gasteiger partial charge in [-0.1, -0.05) is 183 Å². The van der Waals surface area contributed by atoms with Crippen LogP contribution in [0.25, 0.3) is 45.5 Å². The monoisotopic (exact) mass is 1350 g/mol. The molecule has 4 nitrogen and oxygen atoms in total. The van der Waals surface area contributed by atoms with Gasteiger partial charge < -0.3 is 19.3 Å². The van der Waals surface area contributed by atoms with Gasteiger partial charge in [0.2, 0.25) is 0 Å². The molecule has 0 amide bonds. The normalized spacial score (nSPS) is 14.6. The van der Waals surface area contributed by atoms with Crippen molar-refractivity contribution in [2.45, 2.75) is 10.8 Å². The molecule has 14 aromatic rings. The van der Waals surface area contributed by atoms with Gasteiger partial charge >= 0.3 is 0 Å². The number of nitrogens with zero attached hydrogens (tertiary/aromatic N) is 2. The molecule has 0 fully saturated rings. The molecule has 14 aromatic carbocycles. The maximum atomic E-state index is 16.7. The van der Waals surface area contributed by atoms with Crippen molar-refractivity contribution in [1.82, 2.24) is 0 Å². The summed E-state index contributed by atoms with van der Waals surface area (Å²) in [5.74, 6) is -7.46. The first-order chi connectivity index (χ1) is 49.7. The molecular formula is C90H56F8N2O2. The Hall–Kier alpha value is -12.8. The number of halogens is 8. The number of fused-ring (bicyclic) bond motifs is 6. The number of benzene rings is 14. The Morgan fingerprint density at radius 3 is 0.922 bits per heavy atom. The molecule has 0 aliphatic heterocycles. The molecule has 494 valence electrons. The van der Waals surface area contributed by atoms with Gasteiger partial charge in [-0.3, -0.25) is 0 Å². The van der Waals surface area contributed by atoms with Gasteiger partial charge in [-0.15, -0.1) is 0 Å². The van der Waals surface area contributed by atoms with Crippen LogP contribution in [0.15, 0.2) is 316 Å². The molecule has 0 N–H and O–H groups in total. The van der Waals surface area contributed by atoms with Gasteiger partial charge in [-0.05, 0) is 235 Å². The summed E-state index contributed by atoms with van der Waals surface area (Å²) >= 11 is 0. The van der Waals surface area contributed by atoms with Crippen molar-refractivity contribution in [1.29, 1.82) is 0 Å². The molecule has 12 heteroatoms. The molecule has 2 aliphatic carbocycles. The molecule has 0 saturated heterocycles. The standard InChI is InChI=1S/C90H56F8N2O2/c1-3-55-13-39-69(40-14-55)101-71-43-25-61(26-44-71)89(59-21-29-63(91)30-22-59)77-11-7-5-9-73(77)75-47-37-67(53-79(75)89)99(83-51-49-81(93)85(95)87(83)97)65-33-17-57(18-34-65)58-19-35-66(36-20-58)100(84-52-50-82(94)86(96)88(84)98)68-38-48-76-74-10-6-8-12-78(74)90(80(76)54-68,60-23-31-64(92)32-24-60)62-27-45-72(46-28-62)102-70-41-15-56(4-2)16-42-70/h3-54H,1-2H2. The van der Waals surface area contributed by atoms with E-state index in [0.717, 1.165) is 90.0 Å². The highest BCUT2D eigenvalue weighted by Crippen LogP contribution is 2.60. The fourth-order valence-corrected chi connectivity index (χ4v) is 14.8. The molecule has 2 unspecified atom stereocenters. The third-order valence-corrected chi connectivity index (χ3v) is 19.5. The summed E-state index contributed by atoms with van der Waals surface area (Å²) in [6.45, 7) is 7.69. The van der Waals surface area contributed by atoms with Crippen LogP contribution < -0.4 is 19.3 Å². The highest BCUT2D eigenvalue weighted by Gasteiger charge is 2.48. The van der Waals surface area contributed by atoms with E-state index in [2.05, 4.69) is 13.2 Å². The zero-order chi connectivity index (χ0) is 70.0. The lowest BCUT2D eigenvalue weighted by molar-refractivity contribution is 0.448. The maximum absolute atomic E-state index is 16.7. The zero-order valence-corrected chi connectivity index (χ0v) is 54.2. The summed E-state index contributed by atoms with van der Waals surface area (Å²) in [7, 11) is 0. The fraction of sp³-hybridized carbons (Fsp3) is 0.0222. The van der Waals surface area contributed by atoms with Crippen LogP contribution in [-0.2, 0) is 10.8 Å². The minimum absolute atomic E-state index is 0.291. The van der Waals surface area contributed by atoms with Crippen molar-refractivity contribution >= 4 is 46.3 Å². The van der Waals surface area contributed by atoms with Crippen molar-refractivity contribution in [3.63, 3.8) is 0 Å². The molecule has 102 heavy (non-hydrogen) atoms. The number of hydrogen-bond acceptors (Lipinski definition) is 4. The molecule has 2 aliphatic rings. The molecule has 0 spiro atoms. The van der Waals surface area contributed by atoms with Crippen LogP contribution in [0.2, 0.25) is 0 Å². The van der Waals surface area contributed by atoms with Gasteiger partial charge in [0.1, 0.15) is 34.6 Å². The summed E-state index contributed by atoms with van der Waals surface area (Å²) in [6, 6.07) is 88.2. The van der Waals surface area contributed by atoms with E-state index < -0.39 is 57.4 Å². The van der Waals surface area contributed by atoms with Crippen molar-refractivity contribution in [2.24, 2.45) is 0 Å². The molecule has 0 heterocycles. The fourth-order valence-electron chi connectivity index (χ4n) is 14.8. The summed E-state index contributed by atoms with van der Waals surface area (Å²) in [5.41, 5.74) is 11.6. The predicted molar refractivity (Wildman–Crippen MR) is 389 cm³/mol. The molecule has 0 bridgehead atoms. The van der Waals surface area contributed by atoms with Crippen LogP contribution in [0.3, 0.4) is 0 Å². The minimum Gasteiger partial charge on any atom is -0.457 e. The van der Waals surface area contributed by atoms with E-state index in [1.807, 2.05) is 170 Å². The Kier molecular flexibility index (Phi) is 16.2. The van der Waals surface area contributed by atoms with Crippen molar-refractivity contribution in [3.8, 4) is 56.4 Å². The van der Waals surface area contributed by atoms with Gasteiger partial charge in [0.05, 0.1) is 22.2 Å². The summed E-state index contributed by atoms with van der Waals surface area (Å²) in [4.78, 5) is 3.03. The largest absolute Gasteiger partial charge is 0.457 e. The van der Waals surface area contributed by atoms with Crippen LogP contribution in [0.4, 0.5) is 69.2 Å². The summed E-state index contributed by atoms with van der Waals surface area (Å²) in [5, 5.41) is 0. The van der Waals surface area contributed by atoms with E-state index >= 15 is 35.1 Å². The Bertz CT molecular complexity index is 5230. The molecule has 0 radical (unpaired) electrons. The van der Waals surface area contributed by atoms with Gasteiger partial charge in [-0.25, -0.2) is 35.1 Å². The number of rotatable bonds is 17. The number of ether oxygens (including phenoxy) is 2. The predicted octanol–water partition coefficient (Wildman–Crippen LogP) is 25.0. The Labute approximate surface area is 583 Å². The summed E-state index contributed by atoms with van der Waals surface area (Å²) < 4.78 is 138. The topological polar surface area (TPSA) is 24.9 Å². The molecule has 16 rings (SSSR count). The second kappa shape index (κ2) is 25.8. The highest BCUT2D eigenvalue weighted by atomic mass is 19.2. The van der Waals surface area contributed by atoms with Crippen LogP contribution in [0, 0.1) is 46.5 Å². The minimum atomic E-state index is -1.67. The van der Waals surface area contributed by atoms with E-state index in [1.165, 1.54) is 46.2 Å². The van der Waals surface area contributed by atoms with E-state index in [-0.39, 0.29) is 11.4 Å². The maximum Gasteiger partial charge on any atom is 0.196 e. The van der Waals surface area contributed by atoms with E-state index in [0.29, 0.717) is 56.9 Å². The Morgan fingerprint density at radius 2 is 0.578 bits per heavy atom. The number of hydrogen-bond donors (Lipinski definition) is 0. The van der Waals surface area contributed by atoms with Gasteiger partial charge in [0, 0.05) is 22.7 Å². The van der Waals surface area contributed by atoms with E-state index in [9.17, 15) is 0 Å². The first-order valence-electron chi connectivity index (χ1n) is 32.8. The first-order valence-corrected chi connectivity index (χ1v) is 32.8. The van der Waals surface area contributed by atoms with Crippen molar-refractivity contribution in [3.05, 3.63) is 419 Å². The third-order valence-electron chi connectivity index (χ3n) is 19.5. The second-order valence-corrected chi connectivity index (χ2v) is 25.0. The van der Waals surface area contributed by atoms with Crippen LogP contribution in [-0.4, -0.2) is 0 Å². The lowest BCUT2D eigenvalue weighted by Crippen LogP contribution is -2.29. The SMILES string of the molecule is C=Cc1ccc(Oc2ccc(C3(c4ccc(F)cc4)c4ccccc4-c4ccc(N(c5ccc(-c6ccc(N(c7ccc8c(c7)C(c7ccc(F)cc7)(c7ccc(Oc9ccc(C=C)cc9)cc7)c7ccccc7-8)c7ccc(F)c(F)c7F)cc6)cc5)c5ccc(F)c(F)c5F)cc43)cc2)cc1. The Balaban J connectivity index is 0.787. The summed E-state index contributed by atoms with van der Waals surface area (Å²) in [6.07, 6.45) is 3.49. The lowest BCUT2D eigenvalue weighted by atomic mass is 9.67. The van der Waals surface area contributed by atoms with Crippen LogP contribution in [0.5, 0.6) is 23.0 Å². The lowest BCUT2D eigenvalue weighted by Gasteiger charge is -2.35. The Morgan fingerprint density at radius 1 is 0.275 bits per heavy atom. The van der Waals surface area contributed by atoms with Gasteiger partial charge in [0.25, 0.3) is 0 Å². The average molecular weight is 1350 g/mol. The zero-order valence-electron chi connectivity index (χ0n) is 54.2. The van der Waals surface area contributed by atoms with Gasteiger partial charge in [-0.2, -0.15) is 0 Å². The second-order valence-electron chi connectivity index (χ2n) is 25.0. The van der Waals surface area contributed by atoms with E-state index in [4.69, 9.17) is 9.47 Å². The number of anilines is 6. The molecule has 2 atom stereocenters. The third kappa shape index (κ3) is 10.8. The van der Waals surface area contributed by atoms with Crippen LogP contribution in [0.1, 0.15) is 55.6 Å². The molecule has 0 aromatic heterocycles. The van der Waals surface area contributed by atoms with E-state index in [1.54, 1.807) is 97.1 Å². The van der Waals surface area contributed by atoms with Crippen LogP contribution >= 0.6 is 0 Å². The highest BCUT2D eigenvalue weighted by molar-refractivity contribution is 5.92.